The van der Waals surface area contributed by atoms with Crippen molar-refractivity contribution in [2.24, 2.45) is 5.92 Å². The van der Waals surface area contributed by atoms with Crippen molar-refractivity contribution in [2.45, 2.75) is 38.0 Å². The van der Waals surface area contributed by atoms with Crippen LogP contribution in [-0.4, -0.2) is 23.9 Å². The van der Waals surface area contributed by atoms with Crippen molar-refractivity contribution < 1.29 is 9.84 Å². The number of hydrogen-bond donors (Lipinski definition) is 2. The molecule has 1 aliphatic carbocycles. The summed E-state index contributed by atoms with van der Waals surface area (Å²) < 4.78 is 5.79. The second kappa shape index (κ2) is 4.67. The third-order valence-corrected chi connectivity index (χ3v) is 3.73. The van der Waals surface area contributed by atoms with E-state index in [-0.39, 0.29) is 0 Å². The molecule has 1 aromatic rings. The largest absolute Gasteiger partial charge is 0.508 e. The van der Waals surface area contributed by atoms with Crippen LogP contribution in [0.5, 0.6) is 5.75 Å². The molecule has 17 heavy (non-hydrogen) atoms. The summed E-state index contributed by atoms with van der Waals surface area (Å²) in [5.41, 5.74) is 1.21. The number of benzene rings is 1. The molecule has 2 aliphatic rings. The fraction of sp³-hybridized carbons (Fsp3) is 0.571. The standard InChI is InChI=1S/C14H19NO2/c16-12-5-1-10(2-6-12)9-15-13-7-8-17-14(13)11-3-4-11/h1-2,5-6,11,13-16H,3-4,7-9H2. The molecule has 1 saturated carbocycles. The summed E-state index contributed by atoms with van der Waals surface area (Å²) in [5.74, 6) is 1.13. The van der Waals surface area contributed by atoms with Crippen molar-refractivity contribution >= 4 is 0 Å². The number of nitrogens with one attached hydrogen (secondary N) is 1. The van der Waals surface area contributed by atoms with Gasteiger partial charge >= 0.3 is 0 Å². The Morgan fingerprint density at radius 3 is 2.65 bits per heavy atom. The first-order chi connectivity index (χ1) is 8.33. The number of aromatic hydroxyl groups is 1. The molecule has 0 bridgehead atoms. The zero-order valence-corrected chi connectivity index (χ0v) is 9.93. The highest BCUT2D eigenvalue weighted by Gasteiger charge is 2.40. The lowest BCUT2D eigenvalue weighted by Crippen LogP contribution is -2.37. The normalized spacial score (nSPS) is 28.5. The average molecular weight is 233 g/mol. The minimum absolute atomic E-state index is 0.328. The van der Waals surface area contributed by atoms with Crippen molar-refractivity contribution in [1.29, 1.82) is 0 Å². The van der Waals surface area contributed by atoms with Crippen molar-refractivity contribution in [2.75, 3.05) is 6.61 Å². The van der Waals surface area contributed by atoms with Gasteiger partial charge in [0.1, 0.15) is 5.75 Å². The molecule has 2 fully saturated rings. The summed E-state index contributed by atoms with van der Waals surface area (Å²) in [6.45, 7) is 1.76. The van der Waals surface area contributed by atoms with E-state index < -0.39 is 0 Å². The summed E-state index contributed by atoms with van der Waals surface area (Å²) in [7, 11) is 0. The van der Waals surface area contributed by atoms with Gasteiger partial charge in [-0.2, -0.15) is 0 Å². The Labute approximate surface area is 102 Å². The molecule has 0 radical (unpaired) electrons. The van der Waals surface area contributed by atoms with Crippen LogP contribution in [0, 0.1) is 5.92 Å². The van der Waals surface area contributed by atoms with Gasteiger partial charge in [-0.3, -0.25) is 0 Å². The molecule has 2 N–H and O–H groups in total. The minimum Gasteiger partial charge on any atom is -0.508 e. The van der Waals surface area contributed by atoms with Crippen LogP contribution in [0.2, 0.25) is 0 Å². The minimum atomic E-state index is 0.328. The van der Waals surface area contributed by atoms with E-state index in [0.717, 1.165) is 25.5 Å². The number of phenols is 1. The monoisotopic (exact) mass is 233 g/mol. The zero-order chi connectivity index (χ0) is 11.7. The molecule has 0 amide bonds. The number of rotatable bonds is 4. The van der Waals surface area contributed by atoms with E-state index in [0.29, 0.717) is 17.9 Å². The molecule has 1 heterocycles. The molecule has 2 unspecified atom stereocenters. The van der Waals surface area contributed by atoms with Gasteiger partial charge in [0.05, 0.1) is 6.10 Å². The first-order valence-corrected chi connectivity index (χ1v) is 6.46. The second-order valence-corrected chi connectivity index (χ2v) is 5.12. The zero-order valence-electron chi connectivity index (χ0n) is 9.93. The summed E-state index contributed by atoms with van der Waals surface area (Å²) in [6.07, 6.45) is 4.23. The van der Waals surface area contributed by atoms with Crippen LogP contribution >= 0.6 is 0 Å². The fourth-order valence-corrected chi connectivity index (χ4v) is 2.58. The average Bonchev–Trinajstić information content (AvgIpc) is 3.08. The lowest BCUT2D eigenvalue weighted by atomic mass is 10.1. The topological polar surface area (TPSA) is 41.5 Å². The lowest BCUT2D eigenvalue weighted by molar-refractivity contribution is 0.0809. The van der Waals surface area contributed by atoms with Gasteiger partial charge in [0.2, 0.25) is 0 Å². The summed E-state index contributed by atoms with van der Waals surface area (Å²) in [5, 5.41) is 12.8. The molecule has 3 rings (SSSR count). The smallest absolute Gasteiger partial charge is 0.115 e. The lowest BCUT2D eigenvalue weighted by Gasteiger charge is -2.19. The molecule has 3 nitrogen and oxygen atoms in total. The van der Waals surface area contributed by atoms with E-state index in [1.807, 2.05) is 12.1 Å². The Hall–Kier alpha value is -1.06. The van der Waals surface area contributed by atoms with E-state index >= 15 is 0 Å². The van der Waals surface area contributed by atoms with Crippen LogP contribution in [-0.2, 0) is 11.3 Å². The molecule has 92 valence electrons. The van der Waals surface area contributed by atoms with Crippen LogP contribution in [0.15, 0.2) is 24.3 Å². The molecule has 0 spiro atoms. The van der Waals surface area contributed by atoms with Gasteiger partial charge < -0.3 is 15.2 Å². The quantitative estimate of drug-likeness (QED) is 0.836. The molecular formula is C14H19NO2. The molecule has 2 atom stereocenters. The summed E-state index contributed by atoms with van der Waals surface area (Å²) in [6, 6.07) is 7.91. The van der Waals surface area contributed by atoms with Crippen LogP contribution < -0.4 is 5.32 Å². The van der Waals surface area contributed by atoms with Gasteiger partial charge in [0, 0.05) is 19.2 Å². The predicted molar refractivity (Wildman–Crippen MR) is 65.8 cm³/mol. The Morgan fingerprint density at radius 2 is 1.94 bits per heavy atom. The number of phenolic OH excluding ortho intramolecular Hbond substituents is 1. The predicted octanol–water partition coefficient (Wildman–Crippen LogP) is 2.05. The fourth-order valence-electron chi connectivity index (χ4n) is 2.58. The highest BCUT2D eigenvalue weighted by Crippen LogP contribution is 2.38. The Balaban J connectivity index is 1.54. The highest BCUT2D eigenvalue weighted by atomic mass is 16.5. The van der Waals surface area contributed by atoms with Crippen LogP contribution in [0.3, 0.4) is 0 Å². The van der Waals surface area contributed by atoms with Gasteiger partial charge in [0.25, 0.3) is 0 Å². The van der Waals surface area contributed by atoms with E-state index in [1.54, 1.807) is 12.1 Å². The second-order valence-electron chi connectivity index (χ2n) is 5.12. The molecule has 3 heteroatoms. The van der Waals surface area contributed by atoms with E-state index in [9.17, 15) is 5.11 Å². The Morgan fingerprint density at radius 1 is 1.18 bits per heavy atom. The maximum atomic E-state index is 9.22. The van der Waals surface area contributed by atoms with E-state index in [2.05, 4.69) is 5.32 Å². The SMILES string of the molecule is Oc1ccc(CNC2CCOC2C2CC2)cc1. The highest BCUT2D eigenvalue weighted by molar-refractivity contribution is 5.25. The molecule has 1 saturated heterocycles. The van der Waals surface area contributed by atoms with Gasteiger partial charge in [-0.05, 0) is 42.9 Å². The Bertz CT molecular complexity index is 372. The van der Waals surface area contributed by atoms with E-state index in [1.165, 1.54) is 18.4 Å². The Kier molecular flexibility index (Phi) is 3.04. The number of ether oxygens (including phenoxy) is 1. The maximum Gasteiger partial charge on any atom is 0.115 e. The van der Waals surface area contributed by atoms with Gasteiger partial charge in [-0.1, -0.05) is 12.1 Å². The van der Waals surface area contributed by atoms with E-state index in [4.69, 9.17) is 4.74 Å². The maximum absolute atomic E-state index is 9.22. The van der Waals surface area contributed by atoms with Crippen LogP contribution in [0.4, 0.5) is 0 Å². The molecular weight excluding hydrogens is 214 g/mol. The first kappa shape index (κ1) is 11.1. The summed E-state index contributed by atoms with van der Waals surface area (Å²) >= 11 is 0. The molecule has 0 aromatic heterocycles. The van der Waals surface area contributed by atoms with Crippen molar-refractivity contribution in [3.63, 3.8) is 0 Å². The van der Waals surface area contributed by atoms with Gasteiger partial charge in [0.15, 0.2) is 0 Å². The van der Waals surface area contributed by atoms with Crippen molar-refractivity contribution in [1.82, 2.24) is 5.32 Å². The van der Waals surface area contributed by atoms with Gasteiger partial charge in [-0.15, -0.1) is 0 Å². The molecule has 1 aromatic carbocycles. The third kappa shape index (κ3) is 2.61. The van der Waals surface area contributed by atoms with Crippen LogP contribution in [0.25, 0.3) is 0 Å². The summed E-state index contributed by atoms with van der Waals surface area (Å²) in [4.78, 5) is 0. The van der Waals surface area contributed by atoms with Crippen molar-refractivity contribution in [3.05, 3.63) is 29.8 Å². The van der Waals surface area contributed by atoms with Gasteiger partial charge in [-0.25, -0.2) is 0 Å². The third-order valence-electron chi connectivity index (χ3n) is 3.73. The van der Waals surface area contributed by atoms with Crippen molar-refractivity contribution in [3.8, 4) is 5.75 Å². The first-order valence-electron chi connectivity index (χ1n) is 6.46. The number of hydrogen-bond acceptors (Lipinski definition) is 3. The van der Waals surface area contributed by atoms with Crippen LogP contribution in [0.1, 0.15) is 24.8 Å². The molecule has 1 aliphatic heterocycles.